The summed E-state index contributed by atoms with van der Waals surface area (Å²) in [5, 5.41) is 7.22. The second-order valence-corrected chi connectivity index (χ2v) is 6.76. The third-order valence-electron chi connectivity index (χ3n) is 4.72. The van der Waals surface area contributed by atoms with Crippen LogP contribution < -0.4 is 15.6 Å². The number of ether oxygens (including phenoxy) is 1. The molecule has 3 rings (SSSR count). The first-order valence-corrected chi connectivity index (χ1v) is 9.40. The van der Waals surface area contributed by atoms with E-state index >= 15 is 0 Å². The van der Waals surface area contributed by atoms with Crippen LogP contribution in [0, 0.1) is 5.82 Å². The van der Waals surface area contributed by atoms with Crippen molar-refractivity contribution in [2.45, 2.75) is 57.6 Å². The number of hydrogen-bond donors (Lipinski definition) is 1. The highest BCUT2D eigenvalue weighted by molar-refractivity contribution is 5.81. The number of hydrogen-bond acceptors (Lipinski definition) is 4. The van der Waals surface area contributed by atoms with Crippen LogP contribution in [0.4, 0.5) is 4.39 Å². The Morgan fingerprint density at radius 1 is 1.22 bits per heavy atom. The molecule has 0 unspecified atom stereocenters. The third kappa shape index (κ3) is 4.93. The number of rotatable bonds is 6. The molecule has 0 radical (unpaired) electrons. The van der Waals surface area contributed by atoms with E-state index in [1.54, 1.807) is 0 Å². The lowest BCUT2D eigenvalue weighted by Crippen LogP contribution is -2.44. The molecule has 1 aliphatic carbocycles. The molecule has 6 nitrogen and oxygen atoms in total. The van der Waals surface area contributed by atoms with Crippen LogP contribution >= 0.6 is 0 Å². The van der Waals surface area contributed by atoms with E-state index < -0.39 is 11.9 Å². The van der Waals surface area contributed by atoms with Gasteiger partial charge in [0.05, 0.1) is 5.69 Å². The van der Waals surface area contributed by atoms with Crippen LogP contribution in [0.1, 0.15) is 45.4 Å². The molecule has 2 aromatic rings. The fourth-order valence-corrected chi connectivity index (χ4v) is 3.23. The lowest BCUT2D eigenvalue weighted by Gasteiger charge is -2.25. The van der Waals surface area contributed by atoms with Crippen molar-refractivity contribution >= 4 is 5.91 Å². The van der Waals surface area contributed by atoms with E-state index in [0.29, 0.717) is 12.1 Å². The number of nitrogens with one attached hydrogen (secondary N) is 1. The van der Waals surface area contributed by atoms with E-state index in [4.69, 9.17) is 4.74 Å². The summed E-state index contributed by atoms with van der Waals surface area (Å²) in [5.74, 6) is -0.389. The minimum atomic E-state index is -0.682. The lowest BCUT2D eigenvalue weighted by atomic mass is 9.95. The first kappa shape index (κ1) is 19.1. The molecule has 7 heteroatoms. The molecule has 1 N–H and O–H groups in total. The Hall–Kier alpha value is -2.70. The molecule has 1 atom stereocenters. The lowest BCUT2D eigenvalue weighted by molar-refractivity contribution is -0.129. The molecule has 0 saturated heterocycles. The van der Waals surface area contributed by atoms with Crippen molar-refractivity contribution in [1.82, 2.24) is 15.1 Å². The van der Waals surface area contributed by atoms with Crippen molar-refractivity contribution in [1.29, 1.82) is 0 Å². The Balaban J connectivity index is 1.73. The maximum atomic E-state index is 13.1. The van der Waals surface area contributed by atoms with Gasteiger partial charge in [-0.1, -0.05) is 26.2 Å². The molecule has 1 aliphatic rings. The minimum absolute atomic E-state index is 0.161. The SMILES string of the molecule is CC[C@@H](Oc1ccc(=O)n(-c2ccc(F)cc2)n1)C(=O)NC1CCCCC1. The molecular weight excluding hydrogens is 349 g/mol. The molecule has 27 heavy (non-hydrogen) atoms. The van der Waals surface area contributed by atoms with Crippen molar-refractivity contribution in [3.63, 3.8) is 0 Å². The van der Waals surface area contributed by atoms with Gasteiger partial charge in [0.2, 0.25) is 5.88 Å². The summed E-state index contributed by atoms with van der Waals surface area (Å²) in [6, 6.07) is 8.38. The average molecular weight is 373 g/mol. The Morgan fingerprint density at radius 2 is 1.93 bits per heavy atom. The summed E-state index contributed by atoms with van der Waals surface area (Å²) in [6.45, 7) is 1.86. The smallest absolute Gasteiger partial charge is 0.271 e. The molecule has 0 spiro atoms. The van der Waals surface area contributed by atoms with E-state index in [1.807, 2.05) is 6.92 Å². The Labute approximate surface area is 157 Å². The fraction of sp³-hybridized carbons (Fsp3) is 0.450. The number of amides is 1. The Bertz CT molecular complexity index is 829. The monoisotopic (exact) mass is 373 g/mol. The average Bonchev–Trinajstić information content (AvgIpc) is 2.68. The Kier molecular flexibility index (Phi) is 6.21. The highest BCUT2D eigenvalue weighted by Gasteiger charge is 2.23. The van der Waals surface area contributed by atoms with Gasteiger partial charge in [-0.05, 0) is 43.5 Å². The fourth-order valence-electron chi connectivity index (χ4n) is 3.23. The summed E-state index contributed by atoms with van der Waals surface area (Å²) < 4.78 is 20.0. The topological polar surface area (TPSA) is 73.2 Å². The minimum Gasteiger partial charge on any atom is -0.463 e. The summed E-state index contributed by atoms with van der Waals surface area (Å²) >= 11 is 0. The van der Waals surface area contributed by atoms with Gasteiger partial charge in [0.15, 0.2) is 6.10 Å². The number of benzene rings is 1. The standard InChI is InChI=1S/C20H24FN3O3/c1-2-17(20(26)22-15-6-4-3-5-7-15)27-18-12-13-19(25)24(23-18)16-10-8-14(21)9-11-16/h8-13,15,17H,2-7H2,1H3,(H,22,26)/t17-/m1/s1. The molecule has 1 heterocycles. The zero-order valence-corrected chi connectivity index (χ0v) is 15.4. The summed E-state index contributed by atoms with van der Waals surface area (Å²) in [5.41, 5.74) is 0.0558. The molecule has 1 aromatic heterocycles. The maximum Gasteiger partial charge on any atom is 0.271 e. The van der Waals surface area contributed by atoms with Crippen molar-refractivity contribution in [2.24, 2.45) is 0 Å². The number of halogens is 1. The van der Waals surface area contributed by atoms with Crippen molar-refractivity contribution in [3.05, 3.63) is 52.6 Å². The van der Waals surface area contributed by atoms with Gasteiger partial charge in [-0.15, -0.1) is 5.10 Å². The second kappa shape index (κ2) is 8.79. The predicted molar refractivity (Wildman–Crippen MR) is 99.5 cm³/mol. The second-order valence-electron chi connectivity index (χ2n) is 6.76. The van der Waals surface area contributed by atoms with Crippen LogP contribution in [-0.4, -0.2) is 27.8 Å². The predicted octanol–water partition coefficient (Wildman–Crippen LogP) is 2.98. The van der Waals surface area contributed by atoms with Gasteiger partial charge in [-0.3, -0.25) is 9.59 Å². The number of carbonyl (C=O) groups excluding carboxylic acids is 1. The van der Waals surface area contributed by atoms with Crippen LogP contribution in [0.25, 0.3) is 5.69 Å². The van der Waals surface area contributed by atoms with Crippen LogP contribution in [0.3, 0.4) is 0 Å². The van der Waals surface area contributed by atoms with Gasteiger partial charge >= 0.3 is 0 Å². The van der Waals surface area contributed by atoms with Crippen LogP contribution in [-0.2, 0) is 4.79 Å². The molecule has 1 aromatic carbocycles. The van der Waals surface area contributed by atoms with Crippen molar-refractivity contribution < 1.29 is 13.9 Å². The number of carbonyl (C=O) groups is 1. The molecule has 1 saturated carbocycles. The van der Waals surface area contributed by atoms with Crippen LogP contribution in [0.2, 0.25) is 0 Å². The van der Waals surface area contributed by atoms with Crippen molar-refractivity contribution in [3.8, 4) is 11.6 Å². The van der Waals surface area contributed by atoms with Crippen LogP contribution in [0.15, 0.2) is 41.2 Å². The highest BCUT2D eigenvalue weighted by atomic mass is 19.1. The molecule has 1 fully saturated rings. The van der Waals surface area contributed by atoms with Gasteiger partial charge in [0, 0.05) is 18.2 Å². The van der Waals surface area contributed by atoms with Gasteiger partial charge in [0.1, 0.15) is 5.82 Å². The third-order valence-corrected chi connectivity index (χ3v) is 4.72. The zero-order valence-electron chi connectivity index (χ0n) is 15.4. The van der Waals surface area contributed by atoms with E-state index in [2.05, 4.69) is 10.4 Å². The molecule has 1 amide bonds. The summed E-state index contributed by atoms with van der Waals surface area (Å²) in [7, 11) is 0. The first-order chi connectivity index (χ1) is 13.1. The van der Waals surface area contributed by atoms with Gasteiger partial charge in [0.25, 0.3) is 11.5 Å². The van der Waals surface area contributed by atoms with E-state index in [-0.39, 0.29) is 23.4 Å². The largest absolute Gasteiger partial charge is 0.463 e. The van der Waals surface area contributed by atoms with Crippen LogP contribution in [0.5, 0.6) is 5.88 Å². The van der Waals surface area contributed by atoms with Gasteiger partial charge in [-0.2, -0.15) is 4.68 Å². The van der Waals surface area contributed by atoms with E-state index in [1.165, 1.54) is 42.8 Å². The van der Waals surface area contributed by atoms with Crippen molar-refractivity contribution in [2.75, 3.05) is 0 Å². The van der Waals surface area contributed by atoms with E-state index in [0.717, 1.165) is 30.4 Å². The Morgan fingerprint density at radius 3 is 2.59 bits per heavy atom. The normalized spacial score (nSPS) is 15.9. The highest BCUT2D eigenvalue weighted by Crippen LogP contribution is 2.18. The summed E-state index contributed by atoms with van der Waals surface area (Å²) in [6.07, 6.45) is 5.27. The molecular formula is C20H24FN3O3. The number of nitrogens with zero attached hydrogens (tertiary/aromatic N) is 2. The van der Waals surface area contributed by atoms with Gasteiger partial charge in [-0.25, -0.2) is 4.39 Å². The van der Waals surface area contributed by atoms with E-state index in [9.17, 15) is 14.0 Å². The maximum absolute atomic E-state index is 13.1. The quantitative estimate of drug-likeness (QED) is 0.845. The molecule has 0 aliphatic heterocycles. The number of aromatic nitrogens is 2. The zero-order chi connectivity index (χ0) is 19.2. The summed E-state index contributed by atoms with van der Waals surface area (Å²) in [4.78, 5) is 24.6. The van der Waals surface area contributed by atoms with Gasteiger partial charge < -0.3 is 10.1 Å². The molecule has 144 valence electrons. The molecule has 0 bridgehead atoms. The first-order valence-electron chi connectivity index (χ1n) is 9.40.